The van der Waals surface area contributed by atoms with E-state index in [1.165, 1.54) is 12.5 Å². The average Bonchev–Trinajstić information content (AvgIpc) is 3.07. The summed E-state index contributed by atoms with van der Waals surface area (Å²) in [4.78, 5) is 28.8. The number of carbonyl (C=O) groups is 2. The number of alkyl halides is 3. The van der Waals surface area contributed by atoms with Crippen molar-refractivity contribution in [3.8, 4) is 0 Å². The zero-order valence-corrected chi connectivity index (χ0v) is 15.0. The van der Waals surface area contributed by atoms with Crippen LogP contribution in [0.25, 0.3) is 0 Å². The molecular formula is C17H24F3N3O3. The van der Waals surface area contributed by atoms with Crippen molar-refractivity contribution < 1.29 is 27.2 Å². The van der Waals surface area contributed by atoms with Crippen LogP contribution in [-0.4, -0.2) is 78.5 Å². The molecule has 1 saturated heterocycles. The number of hydrogen-bond acceptors (Lipinski definition) is 4. The van der Waals surface area contributed by atoms with Crippen molar-refractivity contribution in [1.29, 1.82) is 0 Å². The van der Waals surface area contributed by atoms with Gasteiger partial charge in [0.1, 0.15) is 12.8 Å². The van der Waals surface area contributed by atoms with Crippen LogP contribution >= 0.6 is 0 Å². The molecule has 0 aliphatic carbocycles. The van der Waals surface area contributed by atoms with Gasteiger partial charge in [-0.2, -0.15) is 13.2 Å². The summed E-state index contributed by atoms with van der Waals surface area (Å²) >= 11 is 0. The SMILES string of the molecule is CC(C)CN(CC(F)(F)F)C(=O)CN1CCN(C(=O)c2ccoc2)CC1. The Bertz CT molecular complexity index is 594. The first-order valence-electron chi connectivity index (χ1n) is 8.54. The van der Waals surface area contributed by atoms with E-state index in [9.17, 15) is 22.8 Å². The van der Waals surface area contributed by atoms with Crippen LogP contribution in [0.5, 0.6) is 0 Å². The van der Waals surface area contributed by atoms with Crippen molar-refractivity contribution in [2.24, 2.45) is 5.92 Å². The molecule has 0 N–H and O–H groups in total. The topological polar surface area (TPSA) is 57.0 Å². The van der Waals surface area contributed by atoms with Gasteiger partial charge in [0.05, 0.1) is 18.4 Å². The van der Waals surface area contributed by atoms with Gasteiger partial charge in [-0.1, -0.05) is 13.8 Å². The van der Waals surface area contributed by atoms with Gasteiger partial charge in [0, 0.05) is 32.7 Å². The van der Waals surface area contributed by atoms with Crippen LogP contribution in [0.3, 0.4) is 0 Å². The molecule has 0 spiro atoms. The number of furan rings is 1. The van der Waals surface area contributed by atoms with E-state index in [-0.39, 0.29) is 24.9 Å². The molecule has 9 heteroatoms. The minimum atomic E-state index is -4.42. The third-order valence-corrected chi connectivity index (χ3v) is 4.09. The lowest BCUT2D eigenvalue weighted by Gasteiger charge is -2.35. The molecule has 146 valence electrons. The molecule has 26 heavy (non-hydrogen) atoms. The van der Waals surface area contributed by atoms with Crippen LogP contribution in [0.2, 0.25) is 0 Å². The fourth-order valence-corrected chi connectivity index (χ4v) is 2.88. The van der Waals surface area contributed by atoms with Gasteiger partial charge in [-0.05, 0) is 12.0 Å². The number of piperazine rings is 1. The normalized spacial score (nSPS) is 16.2. The quantitative estimate of drug-likeness (QED) is 0.764. The van der Waals surface area contributed by atoms with Crippen LogP contribution < -0.4 is 0 Å². The molecule has 2 rings (SSSR count). The molecular weight excluding hydrogens is 351 g/mol. The van der Waals surface area contributed by atoms with Gasteiger partial charge in [-0.25, -0.2) is 0 Å². The van der Waals surface area contributed by atoms with Crippen molar-refractivity contribution in [3.05, 3.63) is 24.2 Å². The van der Waals surface area contributed by atoms with E-state index < -0.39 is 18.6 Å². The number of nitrogens with zero attached hydrogens (tertiary/aromatic N) is 3. The Labute approximate surface area is 150 Å². The van der Waals surface area contributed by atoms with E-state index in [4.69, 9.17) is 4.42 Å². The van der Waals surface area contributed by atoms with Gasteiger partial charge in [0.2, 0.25) is 5.91 Å². The molecule has 6 nitrogen and oxygen atoms in total. The summed E-state index contributed by atoms with van der Waals surface area (Å²) in [6, 6.07) is 1.58. The van der Waals surface area contributed by atoms with Gasteiger partial charge in [-0.15, -0.1) is 0 Å². The van der Waals surface area contributed by atoms with Crippen LogP contribution in [0.15, 0.2) is 23.0 Å². The maximum atomic E-state index is 12.7. The third-order valence-electron chi connectivity index (χ3n) is 4.09. The molecule has 0 bridgehead atoms. The van der Waals surface area contributed by atoms with Gasteiger partial charge >= 0.3 is 6.18 Å². The standard InChI is InChI=1S/C17H24F3N3O3/c1-13(2)9-23(12-17(18,19)20)15(24)10-21-4-6-22(7-5-21)16(25)14-3-8-26-11-14/h3,8,11,13H,4-7,9-10,12H2,1-2H3. The fraction of sp³-hybridized carbons (Fsp3) is 0.647. The summed E-state index contributed by atoms with van der Waals surface area (Å²) in [5, 5.41) is 0. The van der Waals surface area contributed by atoms with Gasteiger partial charge in [-0.3, -0.25) is 14.5 Å². The molecule has 1 aliphatic rings. The molecule has 1 aliphatic heterocycles. The van der Waals surface area contributed by atoms with E-state index in [1.807, 2.05) is 0 Å². The molecule has 1 fully saturated rings. The van der Waals surface area contributed by atoms with Gasteiger partial charge < -0.3 is 14.2 Å². The first kappa shape index (κ1) is 20.3. The maximum absolute atomic E-state index is 12.7. The predicted octanol–water partition coefficient (Wildman–Crippen LogP) is 2.08. The molecule has 2 heterocycles. The highest BCUT2D eigenvalue weighted by atomic mass is 19.4. The number of halogens is 3. The summed E-state index contributed by atoms with van der Waals surface area (Å²) in [5.74, 6) is -0.736. The molecule has 0 unspecified atom stereocenters. The maximum Gasteiger partial charge on any atom is 0.406 e. The average molecular weight is 375 g/mol. The molecule has 2 amide bonds. The number of rotatable bonds is 6. The minimum Gasteiger partial charge on any atom is -0.472 e. The van der Waals surface area contributed by atoms with Crippen LogP contribution in [-0.2, 0) is 4.79 Å². The zero-order valence-electron chi connectivity index (χ0n) is 15.0. The van der Waals surface area contributed by atoms with Crippen molar-refractivity contribution in [1.82, 2.24) is 14.7 Å². The lowest BCUT2D eigenvalue weighted by Crippen LogP contribution is -2.52. The van der Waals surface area contributed by atoms with Crippen molar-refractivity contribution in [3.63, 3.8) is 0 Å². The monoisotopic (exact) mass is 375 g/mol. The zero-order chi connectivity index (χ0) is 19.3. The first-order valence-corrected chi connectivity index (χ1v) is 8.54. The molecule has 1 aromatic rings. The lowest BCUT2D eigenvalue weighted by molar-refractivity contribution is -0.163. The van der Waals surface area contributed by atoms with Gasteiger partial charge in [0.25, 0.3) is 5.91 Å². The Morgan fingerprint density at radius 1 is 1.23 bits per heavy atom. The first-order chi connectivity index (χ1) is 12.2. The van der Waals surface area contributed by atoms with Crippen molar-refractivity contribution >= 4 is 11.8 Å². The Morgan fingerprint density at radius 3 is 2.38 bits per heavy atom. The number of amides is 2. The van der Waals surface area contributed by atoms with E-state index >= 15 is 0 Å². The smallest absolute Gasteiger partial charge is 0.406 e. The Kier molecular flexibility index (Phi) is 6.69. The van der Waals surface area contributed by atoms with E-state index in [0.29, 0.717) is 31.7 Å². The second-order valence-corrected chi connectivity index (χ2v) is 6.86. The van der Waals surface area contributed by atoms with E-state index in [1.54, 1.807) is 29.7 Å². The molecule has 0 atom stereocenters. The van der Waals surface area contributed by atoms with Gasteiger partial charge in [0.15, 0.2) is 0 Å². The fourth-order valence-electron chi connectivity index (χ4n) is 2.88. The Morgan fingerprint density at radius 2 is 1.88 bits per heavy atom. The minimum absolute atomic E-state index is 0.0503. The Balaban J connectivity index is 1.86. The largest absolute Gasteiger partial charge is 0.472 e. The van der Waals surface area contributed by atoms with Crippen molar-refractivity contribution in [2.45, 2.75) is 20.0 Å². The van der Waals surface area contributed by atoms with Crippen LogP contribution in [0.4, 0.5) is 13.2 Å². The highest BCUT2D eigenvalue weighted by Gasteiger charge is 2.34. The second-order valence-electron chi connectivity index (χ2n) is 6.86. The summed E-state index contributed by atoms with van der Waals surface area (Å²) < 4.78 is 43.0. The van der Waals surface area contributed by atoms with Crippen LogP contribution in [0, 0.1) is 5.92 Å². The summed E-state index contributed by atoms with van der Waals surface area (Å²) in [5.41, 5.74) is 0.461. The summed E-state index contributed by atoms with van der Waals surface area (Å²) in [6.07, 6.45) is -1.62. The lowest BCUT2D eigenvalue weighted by atomic mass is 10.2. The second kappa shape index (κ2) is 8.57. The van der Waals surface area contributed by atoms with E-state index in [2.05, 4.69) is 0 Å². The molecule has 0 aromatic carbocycles. The van der Waals surface area contributed by atoms with Crippen LogP contribution in [0.1, 0.15) is 24.2 Å². The van der Waals surface area contributed by atoms with E-state index in [0.717, 1.165) is 4.90 Å². The molecule has 0 saturated carbocycles. The third kappa shape index (κ3) is 6.05. The summed E-state index contributed by atoms with van der Waals surface area (Å²) in [6.45, 7) is 4.03. The van der Waals surface area contributed by atoms with Crippen molar-refractivity contribution in [2.75, 3.05) is 45.8 Å². The molecule has 1 aromatic heterocycles. The highest BCUT2D eigenvalue weighted by Crippen LogP contribution is 2.18. The molecule has 0 radical (unpaired) electrons. The highest BCUT2D eigenvalue weighted by molar-refractivity contribution is 5.93. The Hall–Kier alpha value is -2.03. The number of hydrogen-bond donors (Lipinski definition) is 0. The number of carbonyl (C=O) groups excluding carboxylic acids is 2. The summed E-state index contributed by atoms with van der Waals surface area (Å²) in [7, 11) is 0. The predicted molar refractivity (Wildman–Crippen MR) is 88.5 cm³/mol.